The van der Waals surface area contributed by atoms with Gasteiger partial charge in [-0.1, -0.05) is 18.2 Å². The Bertz CT molecular complexity index is 1340. The van der Waals surface area contributed by atoms with Crippen molar-refractivity contribution >= 4 is 39.6 Å². The number of hydrazone groups is 1. The quantitative estimate of drug-likeness (QED) is 0.210. The summed E-state index contributed by atoms with van der Waals surface area (Å²) in [4.78, 5) is 24.8. The van der Waals surface area contributed by atoms with Crippen molar-refractivity contribution in [2.24, 2.45) is 11.0 Å². The van der Waals surface area contributed by atoms with Crippen LogP contribution in [-0.2, 0) is 16.2 Å². The molecule has 0 saturated heterocycles. The van der Waals surface area contributed by atoms with Crippen LogP contribution in [-0.4, -0.2) is 32.2 Å². The highest BCUT2D eigenvalue weighted by Gasteiger charge is 2.21. The summed E-state index contributed by atoms with van der Waals surface area (Å²) in [6.45, 7) is 1.67. The molecule has 1 unspecified atom stereocenters. The molecule has 190 valence electrons. The zero-order valence-corrected chi connectivity index (χ0v) is 22.0. The second-order valence-corrected chi connectivity index (χ2v) is 8.62. The molecular weight excluding hydrogens is 540 g/mol. The molecule has 3 rings (SSSR count). The number of nitrogens with one attached hydrogen (secondary N) is 2. The zero-order chi connectivity index (χ0) is 26.8. The molecule has 0 aliphatic heterocycles. The maximum absolute atomic E-state index is 12.4. The van der Waals surface area contributed by atoms with Crippen molar-refractivity contribution in [3.63, 3.8) is 0 Å². The summed E-state index contributed by atoms with van der Waals surface area (Å²) in [6.07, 6.45) is 1.42. The fraction of sp³-hybridized carbons (Fsp3) is 0.185. The molecule has 9 nitrogen and oxygen atoms in total. The first-order valence-electron chi connectivity index (χ1n) is 11.1. The molecule has 0 aliphatic carbocycles. The third kappa shape index (κ3) is 7.32. The molecule has 0 saturated carbocycles. The SMILES string of the molecule is COc1ccc(NC(=O)C(C)C(=O)NN=Cc2cc(Br)c(OCc3ccccc3C#N)c(OC)c2)cc1. The van der Waals surface area contributed by atoms with E-state index in [9.17, 15) is 14.9 Å². The van der Waals surface area contributed by atoms with Gasteiger partial charge in [0.15, 0.2) is 11.5 Å². The topological polar surface area (TPSA) is 122 Å². The van der Waals surface area contributed by atoms with Crippen LogP contribution >= 0.6 is 15.9 Å². The van der Waals surface area contributed by atoms with Crippen LogP contribution in [0.2, 0.25) is 0 Å². The minimum absolute atomic E-state index is 0.179. The number of nitrogens with zero attached hydrogens (tertiary/aromatic N) is 2. The number of anilines is 1. The molecule has 2 amide bonds. The van der Waals surface area contributed by atoms with E-state index < -0.39 is 17.7 Å². The third-order valence-electron chi connectivity index (χ3n) is 5.29. The molecule has 1 atom stereocenters. The molecular formula is C27H25BrN4O5. The average Bonchev–Trinajstić information content (AvgIpc) is 2.92. The molecule has 0 heterocycles. The van der Waals surface area contributed by atoms with Gasteiger partial charge in [0.2, 0.25) is 5.91 Å². The fourth-order valence-corrected chi connectivity index (χ4v) is 3.74. The van der Waals surface area contributed by atoms with Crippen LogP contribution in [0.3, 0.4) is 0 Å². The molecule has 0 fully saturated rings. The molecule has 37 heavy (non-hydrogen) atoms. The maximum atomic E-state index is 12.4. The van der Waals surface area contributed by atoms with Gasteiger partial charge in [-0.3, -0.25) is 9.59 Å². The minimum atomic E-state index is -0.979. The number of carbonyl (C=O) groups is 2. The third-order valence-corrected chi connectivity index (χ3v) is 5.88. The van der Waals surface area contributed by atoms with E-state index in [2.05, 4.69) is 37.8 Å². The predicted octanol–water partition coefficient (Wildman–Crippen LogP) is 4.64. The summed E-state index contributed by atoms with van der Waals surface area (Å²) in [5.41, 5.74) is 4.82. The number of amides is 2. The first kappa shape index (κ1) is 27.2. The fourth-order valence-electron chi connectivity index (χ4n) is 3.17. The highest BCUT2D eigenvalue weighted by atomic mass is 79.9. The Kier molecular flexibility index (Phi) is 9.63. The molecule has 0 spiro atoms. The smallest absolute Gasteiger partial charge is 0.252 e. The van der Waals surface area contributed by atoms with Crippen molar-refractivity contribution in [1.29, 1.82) is 5.26 Å². The first-order chi connectivity index (χ1) is 17.9. The van der Waals surface area contributed by atoms with Gasteiger partial charge in [-0.2, -0.15) is 10.4 Å². The average molecular weight is 565 g/mol. The number of rotatable bonds is 10. The van der Waals surface area contributed by atoms with E-state index in [4.69, 9.17) is 14.2 Å². The highest BCUT2D eigenvalue weighted by Crippen LogP contribution is 2.37. The number of nitriles is 1. The van der Waals surface area contributed by atoms with Crippen LogP contribution in [0.25, 0.3) is 0 Å². The van der Waals surface area contributed by atoms with Crippen molar-refractivity contribution in [3.8, 4) is 23.3 Å². The summed E-state index contributed by atoms with van der Waals surface area (Å²) in [5.74, 6) is -0.465. The van der Waals surface area contributed by atoms with E-state index in [0.717, 1.165) is 5.56 Å². The van der Waals surface area contributed by atoms with Gasteiger partial charge in [0.1, 0.15) is 18.3 Å². The number of ether oxygens (including phenoxy) is 3. The van der Waals surface area contributed by atoms with Crippen LogP contribution in [0.4, 0.5) is 5.69 Å². The van der Waals surface area contributed by atoms with Crippen LogP contribution in [0.5, 0.6) is 17.2 Å². The van der Waals surface area contributed by atoms with E-state index in [0.29, 0.717) is 38.5 Å². The molecule has 0 radical (unpaired) electrons. The standard InChI is InChI=1S/C27H25BrN4O5/c1-17(26(33)31-21-8-10-22(35-2)11-9-21)27(34)32-30-15-18-12-23(28)25(24(13-18)36-3)37-16-20-7-5-4-6-19(20)14-29/h4-13,15,17H,16H2,1-3H3,(H,31,33)(H,32,34). The zero-order valence-electron chi connectivity index (χ0n) is 20.4. The molecule has 10 heteroatoms. The second-order valence-electron chi connectivity index (χ2n) is 7.77. The predicted molar refractivity (Wildman–Crippen MR) is 143 cm³/mol. The van der Waals surface area contributed by atoms with Crippen molar-refractivity contribution in [1.82, 2.24) is 5.43 Å². The van der Waals surface area contributed by atoms with E-state index >= 15 is 0 Å². The highest BCUT2D eigenvalue weighted by molar-refractivity contribution is 9.10. The summed E-state index contributed by atoms with van der Waals surface area (Å²) in [7, 11) is 3.05. The van der Waals surface area contributed by atoms with Crippen molar-refractivity contribution < 1.29 is 23.8 Å². The van der Waals surface area contributed by atoms with Gasteiger partial charge in [-0.25, -0.2) is 5.43 Å². The Morgan fingerprint density at radius 1 is 1.08 bits per heavy atom. The number of hydrogen-bond donors (Lipinski definition) is 2. The van der Waals surface area contributed by atoms with Gasteiger partial charge in [0.25, 0.3) is 5.91 Å². The van der Waals surface area contributed by atoms with Crippen molar-refractivity contribution in [2.45, 2.75) is 13.5 Å². The van der Waals surface area contributed by atoms with Crippen molar-refractivity contribution in [3.05, 3.63) is 81.8 Å². The van der Waals surface area contributed by atoms with Crippen LogP contribution in [0, 0.1) is 17.2 Å². The number of methoxy groups -OCH3 is 2. The first-order valence-corrected chi connectivity index (χ1v) is 11.9. The summed E-state index contributed by atoms with van der Waals surface area (Å²) in [5, 5.41) is 15.9. The van der Waals surface area contributed by atoms with E-state index in [1.807, 2.05) is 12.1 Å². The lowest BCUT2D eigenvalue weighted by Gasteiger charge is -2.14. The van der Waals surface area contributed by atoms with Gasteiger partial charge >= 0.3 is 0 Å². The van der Waals surface area contributed by atoms with Gasteiger partial charge in [-0.05, 0) is 70.9 Å². The van der Waals surface area contributed by atoms with Crippen molar-refractivity contribution in [2.75, 3.05) is 19.5 Å². The van der Waals surface area contributed by atoms with Crippen LogP contribution in [0.15, 0.2) is 70.2 Å². The molecule has 0 bridgehead atoms. The summed E-state index contributed by atoms with van der Waals surface area (Å²) < 4.78 is 17.1. The maximum Gasteiger partial charge on any atom is 0.252 e. The van der Waals surface area contributed by atoms with Gasteiger partial charge in [0.05, 0.1) is 36.5 Å². The lowest BCUT2D eigenvalue weighted by molar-refractivity contribution is -0.131. The van der Waals surface area contributed by atoms with E-state index in [1.165, 1.54) is 20.2 Å². The van der Waals surface area contributed by atoms with Crippen LogP contribution in [0.1, 0.15) is 23.6 Å². The summed E-state index contributed by atoms with van der Waals surface area (Å²) in [6, 6.07) is 19.5. The van der Waals surface area contributed by atoms with Gasteiger partial charge in [-0.15, -0.1) is 0 Å². The second kappa shape index (κ2) is 13.1. The lowest BCUT2D eigenvalue weighted by atomic mass is 10.1. The molecule has 2 N–H and O–H groups in total. The van der Waals surface area contributed by atoms with Gasteiger partial charge in [0, 0.05) is 11.3 Å². The Balaban J connectivity index is 1.61. The molecule has 3 aromatic rings. The minimum Gasteiger partial charge on any atom is -0.497 e. The normalized spacial score (nSPS) is 11.3. The Labute approximate surface area is 223 Å². The van der Waals surface area contributed by atoms with Gasteiger partial charge < -0.3 is 19.5 Å². The molecule has 3 aromatic carbocycles. The summed E-state index contributed by atoms with van der Waals surface area (Å²) >= 11 is 3.47. The number of hydrogen-bond acceptors (Lipinski definition) is 7. The van der Waals surface area contributed by atoms with Crippen LogP contribution < -0.4 is 25.0 Å². The molecule has 0 aromatic heterocycles. The van der Waals surface area contributed by atoms with E-state index in [-0.39, 0.29) is 6.61 Å². The largest absolute Gasteiger partial charge is 0.497 e. The number of carbonyl (C=O) groups excluding carboxylic acids is 2. The Hall–Kier alpha value is -4.36. The molecule has 0 aliphatic rings. The van der Waals surface area contributed by atoms with E-state index in [1.54, 1.807) is 55.6 Å². The Morgan fingerprint density at radius 2 is 1.81 bits per heavy atom. The number of halogens is 1. The monoisotopic (exact) mass is 564 g/mol. The lowest BCUT2D eigenvalue weighted by Crippen LogP contribution is -2.34. The number of benzene rings is 3. The Morgan fingerprint density at radius 3 is 2.49 bits per heavy atom.